The van der Waals surface area contributed by atoms with Crippen LogP contribution in [0.25, 0.3) is 0 Å². The highest BCUT2D eigenvalue weighted by Gasteiger charge is 2.17. The van der Waals surface area contributed by atoms with Crippen molar-refractivity contribution in [2.75, 3.05) is 26.3 Å². The van der Waals surface area contributed by atoms with Crippen molar-refractivity contribution in [1.82, 2.24) is 13.6 Å². The largest absolute Gasteiger partial charge is 0.379 e. The first-order chi connectivity index (χ1) is 6.84. The summed E-state index contributed by atoms with van der Waals surface area (Å²) in [6.45, 7) is 4.00. The first kappa shape index (κ1) is 10.3. The van der Waals surface area contributed by atoms with Crippen molar-refractivity contribution in [3.05, 3.63) is 11.9 Å². The molecule has 6 heteroatoms. The zero-order chi connectivity index (χ0) is 9.80. The van der Waals surface area contributed by atoms with Crippen LogP contribution in [0.2, 0.25) is 0 Å². The Hall–Kier alpha value is -0.230. The van der Waals surface area contributed by atoms with Crippen molar-refractivity contribution in [2.45, 2.75) is 11.9 Å². The van der Waals surface area contributed by atoms with Gasteiger partial charge in [0, 0.05) is 19.6 Å². The number of alkyl halides is 1. The van der Waals surface area contributed by atoms with Crippen LogP contribution in [0.3, 0.4) is 0 Å². The first-order valence-corrected chi connectivity index (χ1v) is 5.72. The lowest BCUT2D eigenvalue weighted by Gasteiger charge is -2.18. The third kappa shape index (κ3) is 2.88. The fourth-order valence-corrected chi connectivity index (χ4v) is 2.17. The van der Waals surface area contributed by atoms with Crippen LogP contribution >= 0.6 is 23.3 Å². The molecule has 1 aromatic rings. The van der Waals surface area contributed by atoms with Crippen LogP contribution in [-0.2, 0) is 11.3 Å². The van der Waals surface area contributed by atoms with Crippen LogP contribution < -0.4 is 0 Å². The van der Waals surface area contributed by atoms with Crippen molar-refractivity contribution in [1.29, 1.82) is 0 Å². The van der Waals surface area contributed by atoms with E-state index in [0.717, 1.165) is 31.9 Å². The fourth-order valence-electron chi connectivity index (χ4n) is 1.46. The van der Waals surface area contributed by atoms with Crippen LogP contribution in [0.15, 0.2) is 6.20 Å². The molecule has 0 N–H and O–H groups in total. The third-order valence-electron chi connectivity index (χ3n) is 2.10. The molecule has 0 amide bonds. The maximum atomic E-state index is 6.06. The second-order valence-corrected chi connectivity index (χ2v) is 4.48. The average Bonchev–Trinajstić information content (AvgIpc) is 2.56. The Kier molecular flexibility index (Phi) is 3.69. The molecule has 1 aliphatic rings. The fraction of sp³-hybridized carbons (Fsp3) is 0.750. The Labute approximate surface area is 92.2 Å². The third-order valence-corrected chi connectivity index (χ3v) is 2.88. The van der Waals surface area contributed by atoms with Crippen LogP contribution in [-0.4, -0.2) is 45.3 Å². The van der Waals surface area contributed by atoms with Crippen molar-refractivity contribution in [3.63, 3.8) is 0 Å². The van der Waals surface area contributed by atoms with Gasteiger partial charge in [-0.3, -0.25) is 4.90 Å². The van der Waals surface area contributed by atoms with E-state index in [0.29, 0.717) is 6.61 Å². The second kappa shape index (κ2) is 5.02. The molecule has 1 aliphatic heterocycles. The minimum absolute atomic E-state index is 0.0871. The van der Waals surface area contributed by atoms with Gasteiger partial charge in [0.05, 0.1) is 42.2 Å². The molecule has 1 saturated heterocycles. The monoisotopic (exact) mass is 233 g/mol. The zero-order valence-corrected chi connectivity index (χ0v) is 9.30. The molecule has 2 heterocycles. The Morgan fingerprint density at radius 2 is 2.64 bits per heavy atom. The van der Waals surface area contributed by atoms with Gasteiger partial charge in [0.15, 0.2) is 0 Å². The molecule has 4 nitrogen and oxygen atoms in total. The lowest BCUT2D eigenvalue weighted by atomic mass is 10.3. The highest BCUT2D eigenvalue weighted by atomic mass is 35.5. The van der Waals surface area contributed by atoms with E-state index in [2.05, 4.69) is 13.6 Å². The Balaban J connectivity index is 1.90. The summed E-state index contributed by atoms with van der Waals surface area (Å²) in [6.07, 6.45) is 1.81. The highest BCUT2D eigenvalue weighted by molar-refractivity contribution is 6.99. The molecule has 0 aliphatic carbocycles. The summed E-state index contributed by atoms with van der Waals surface area (Å²) >= 11 is 7.30. The van der Waals surface area contributed by atoms with Gasteiger partial charge in [0.1, 0.15) is 0 Å². The lowest BCUT2D eigenvalue weighted by molar-refractivity contribution is 0.141. The number of hydrogen-bond acceptors (Lipinski definition) is 5. The standard InChI is InChI=1S/C8H12ClN3OS/c9-7-4-12(1-2-13-6-7)5-8-3-10-14-11-8/h3,7H,1-2,4-6H2. The molecule has 1 atom stereocenters. The minimum atomic E-state index is 0.0871. The minimum Gasteiger partial charge on any atom is -0.379 e. The van der Waals surface area contributed by atoms with Crippen LogP contribution in [0, 0.1) is 0 Å². The van der Waals surface area contributed by atoms with E-state index in [4.69, 9.17) is 16.3 Å². The van der Waals surface area contributed by atoms with E-state index in [9.17, 15) is 0 Å². The van der Waals surface area contributed by atoms with Gasteiger partial charge >= 0.3 is 0 Å². The van der Waals surface area contributed by atoms with E-state index >= 15 is 0 Å². The zero-order valence-electron chi connectivity index (χ0n) is 7.73. The molecular formula is C8H12ClN3OS. The second-order valence-electron chi connectivity index (χ2n) is 3.31. The van der Waals surface area contributed by atoms with E-state index in [-0.39, 0.29) is 5.38 Å². The van der Waals surface area contributed by atoms with Gasteiger partial charge in [-0.05, 0) is 0 Å². The van der Waals surface area contributed by atoms with Crippen molar-refractivity contribution >= 4 is 23.3 Å². The van der Waals surface area contributed by atoms with Crippen LogP contribution in [0.4, 0.5) is 0 Å². The Bertz CT molecular complexity index is 270. The van der Waals surface area contributed by atoms with Gasteiger partial charge in [-0.15, -0.1) is 11.6 Å². The van der Waals surface area contributed by atoms with Crippen molar-refractivity contribution < 1.29 is 4.74 Å². The number of halogens is 1. The van der Waals surface area contributed by atoms with Gasteiger partial charge in [0.2, 0.25) is 0 Å². The summed E-state index contributed by atoms with van der Waals surface area (Å²) in [4.78, 5) is 2.25. The molecule has 14 heavy (non-hydrogen) atoms. The van der Waals surface area contributed by atoms with Crippen molar-refractivity contribution in [3.8, 4) is 0 Å². The maximum Gasteiger partial charge on any atom is 0.0883 e. The smallest absolute Gasteiger partial charge is 0.0883 e. The van der Waals surface area contributed by atoms with Crippen LogP contribution in [0.5, 0.6) is 0 Å². The van der Waals surface area contributed by atoms with Crippen LogP contribution in [0.1, 0.15) is 5.69 Å². The van der Waals surface area contributed by atoms with Gasteiger partial charge < -0.3 is 4.74 Å². The first-order valence-electron chi connectivity index (χ1n) is 4.55. The molecule has 1 unspecified atom stereocenters. The predicted octanol–water partition coefficient (Wildman–Crippen LogP) is 0.978. The number of rotatable bonds is 2. The molecule has 0 bridgehead atoms. The maximum absolute atomic E-state index is 6.06. The molecular weight excluding hydrogens is 222 g/mol. The lowest BCUT2D eigenvalue weighted by Crippen LogP contribution is -2.30. The topological polar surface area (TPSA) is 38.2 Å². The summed E-state index contributed by atoms with van der Waals surface area (Å²) in [5.74, 6) is 0. The molecule has 1 fully saturated rings. The number of nitrogens with zero attached hydrogens (tertiary/aromatic N) is 3. The quantitative estimate of drug-likeness (QED) is 0.714. The SMILES string of the molecule is ClC1COCCN(Cc2cnsn2)C1. The average molecular weight is 234 g/mol. The number of ether oxygens (including phenoxy) is 1. The Morgan fingerprint density at radius 1 is 1.71 bits per heavy atom. The summed E-state index contributed by atoms with van der Waals surface area (Å²) in [6, 6.07) is 0. The van der Waals surface area contributed by atoms with Gasteiger partial charge in [-0.25, -0.2) is 0 Å². The molecule has 0 spiro atoms. The predicted molar refractivity (Wildman–Crippen MR) is 55.6 cm³/mol. The Morgan fingerprint density at radius 3 is 3.43 bits per heavy atom. The molecule has 0 saturated carbocycles. The normalized spacial score (nSPS) is 24.8. The molecule has 0 radical (unpaired) electrons. The van der Waals surface area contributed by atoms with E-state index in [1.165, 1.54) is 11.7 Å². The molecule has 0 aromatic carbocycles. The van der Waals surface area contributed by atoms with Gasteiger partial charge in [-0.1, -0.05) is 0 Å². The van der Waals surface area contributed by atoms with Crippen molar-refractivity contribution in [2.24, 2.45) is 0 Å². The summed E-state index contributed by atoms with van der Waals surface area (Å²) < 4.78 is 13.5. The van der Waals surface area contributed by atoms with Gasteiger partial charge in [-0.2, -0.15) is 8.75 Å². The highest BCUT2D eigenvalue weighted by Crippen LogP contribution is 2.09. The molecule has 2 rings (SSSR count). The summed E-state index contributed by atoms with van der Waals surface area (Å²) in [7, 11) is 0. The van der Waals surface area contributed by atoms with E-state index in [1.807, 2.05) is 0 Å². The summed E-state index contributed by atoms with van der Waals surface area (Å²) in [5, 5.41) is 0.0871. The summed E-state index contributed by atoms with van der Waals surface area (Å²) in [5.41, 5.74) is 1.01. The van der Waals surface area contributed by atoms with Gasteiger partial charge in [0.25, 0.3) is 0 Å². The number of hydrogen-bond donors (Lipinski definition) is 0. The molecule has 78 valence electrons. The van der Waals surface area contributed by atoms with E-state index in [1.54, 1.807) is 6.20 Å². The van der Waals surface area contributed by atoms with E-state index < -0.39 is 0 Å². The molecule has 1 aromatic heterocycles. The number of aromatic nitrogens is 2.